The van der Waals surface area contributed by atoms with Crippen LogP contribution in [0.4, 0.5) is 11.4 Å². The topological polar surface area (TPSA) is 69.7 Å². The van der Waals surface area contributed by atoms with Crippen LogP contribution in [0.2, 0.25) is 10.0 Å². The summed E-state index contributed by atoms with van der Waals surface area (Å²) in [4.78, 5) is 41.4. The lowest BCUT2D eigenvalue weighted by Crippen LogP contribution is -2.63. The van der Waals surface area contributed by atoms with E-state index in [-0.39, 0.29) is 24.1 Å². The van der Waals surface area contributed by atoms with Crippen molar-refractivity contribution in [2.24, 2.45) is 0 Å². The summed E-state index contributed by atoms with van der Waals surface area (Å²) in [6.07, 6.45) is 0. The van der Waals surface area contributed by atoms with Gasteiger partial charge in [-0.2, -0.15) is 0 Å². The van der Waals surface area contributed by atoms with Gasteiger partial charge in [-0.1, -0.05) is 59.2 Å². The van der Waals surface area contributed by atoms with Gasteiger partial charge >= 0.3 is 0 Å². The maximum atomic E-state index is 13.5. The van der Waals surface area contributed by atoms with Gasteiger partial charge < -0.3 is 0 Å². The van der Waals surface area contributed by atoms with E-state index in [9.17, 15) is 14.4 Å². The molecular formula is C25H18Cl3N3O3S. The van der Waals surface area contributed by atoms with Crippen molar-refractivity contribution >= 4 is 75.5 Å². The van der Waals surface area contributed by atoms with Crippen LogP contribution in [0.5, 0.6) is 0 Å². The first-order chi connectivity index (χ1) is 16.8. The maximum absolute atomic E-state index is 13.5. The minimum Gasteiger partial charge on any atom is -0.295 e. The molecule has 0 radical (unpaired) electrons. The lowest BCUT2D eigenvalue weighted by atomic mass is 9.95. The standard InChI is InChI=1S/C25H18Cl3N3O3S/c1-13(32)14-7-9-21-19(11-14)30(18-4-2-3-5-20(18)35-21)22(33)12-29-31-24(23(28)25(31)34)15-6-8-16(26)17(27)10-15/h2-11,23-24,29H,12H2,1H3. The minimum atomic E-state index is -0.791. The van der Waals surface area contributed by atoms with Gasteiger partial charge in [0.15, 0.2) is 5.78 Å². The molecule has 0 bridgehead atoms. The van der Waals surface area contributed by atoms with Crippen LogP contribution in [0.3, 0.4) is 0 Å². The first-order valence-electron chi connectivity index (χ1n) is 10.7. The number of alkyl halides is 1. The first-order valence-corrected chi connectivity index (χ1v) is 12.7. The van der Waals surface area contributed by atoms with Gasteiger partial charge in [0.25, 0.3) is 5.91 Å². The van der Waals surface area contributed by atoms with E-state index in [0.717, 1.165) is 9.79 Å². The van der Waals surface area contributed by atoms with Gasteiger partial charge in [-0.3, -0.25) is 24.3 Å². The summed E-state index contributed by atoms with van der Waals surface area (Å²) >= 11 is 20.0. The highest BCUT2D eigenvalue weighted by atomic mass is 35.5. The van der Waals surface area contributed by atoms with Crippen LogP contribution in [0.1, 0.15) is 28.9 Å². The Balaban J connectivity index is 1.42. The van der Waals surface area contributed by atoms with E-state index in [1.165, 1.54) is 23.7 Å². The number of nitrogens with one attached hydrogen (secondary N) is 1. The number of para-hydroxylation sites is 1. The number of hydrazine groups is 1. The summed E-state index contributed by atoms with van der Waals surface area (Å²) < 4.78 is 0. The molecule has 35 heavy (non-hydrogen) atoms. The third-order valence-electron chi connectivity index (χ3n) is 5.90. The fraction of sp³-hybridized carbons (Fsp3) is 0.160. The second-order valence-corrected chi connectivity index (χ2v) is 10.5. The molecule has 0 saturated carbocycles. The normalized spacial score (nSPS) is 18.6. The monoisotopic (exact) mass is 545 g/mol. The van der Waals surface area contributed by atoms with Crippen LogP contribution in [0.25, 0.3) is 0 Å². The number of rotatable bonds is 5. The zero-order chi connectivity index (χ0) is 24.9. The van der Waals surface area contributed by atoms with Gasteiger partial charge in [0.1, 0.15) is 5.38 Å². The minimum absolute atomic E-state index is 0.0917. The second kappa shape index (κ2) is 9.48. The first kappa shape index (κ1) is 24.2. The lowest BCUT2D eigenvalue weighted by molar-refractivity contribution is -0.151. The molecule has 0 aliphatic carbocycles. The van der Waals surface area contributed by atoms with E-state index < -0.39 is 11.4 Å². The highest BCUT2D eigenvalue weighted by molar-refractivity contribution is 7.99. The number of hydrogen-bond donors (Lipinski definition) is 1. The summed E-state index contributed by atoms with van der Waals surface area (Å²) in [5.41, 5.74) is 5.49. The number of fused-ring (bicyclic) bond motifs is 2. The quantitative estimate of drug-likeness (QED) is 0.241. The van der Waals surface area contributed by atoms with E-state index in [0.29, 0.717) is 32.5 Å². The number of amides is 2. The van der Waals surface area contributed by atoms with Crippen molar-refractivity contribution in [3.63, 3.8) is 0 Å². The molecule has 178 valence electrons. The molecule has 2 unspecified atom stereocenters. The third kappa shape index (κ3) is 4.32. The van der Waals surface area contributed by atoms with Crippen LogP contribution in [-0.4, -0.2) is 34.5 Å². The molecule has 3 aromatic carbocycles. The molecule has 2 aliphatic rings. The number of carbonyl (C=O) groups is 3. The Morgan fingerprint density at radius 2 is 1.71 bits per heavy atom. The number of benzene rings is 3. The Morgan fingerprint density at radius 1 is 0.971 bits per heavy atom. The summed E-state index contributed by atoms with van der Waals surface area (Å²) in [5, 5.41) is 1.30. The molecule has 2 aliphatic heterocycles. The average molecular weight is 547 g/mol. The molecule has 3 aromatic rings. The van der Waals surface area contributed by atoms with Crippen LogP contribution >= 0.6 is 46.6 Å². The van der Waals surface area contributed by atoms with Crippen LogP contribution in [-0.2, 0) is 9.59 Å². The molecule has 0 aromatic heterocycles. The van der Waals surface area contributed by atoms with Gasteiger partial charge in [-0.25, -0.2) is 5.43 Å². The summed E-state index contributed by atoms with van der Waals surface area (Å²) in [6.45, 7) is 1.32. The zero-order valence-corrected chi connectivity index (χ0v) is 21.4. The fourth-order valence-electron chi connectivity index (χ4n) is 4.12. The molecule has 2 amide bonds. The number of Topliss-reactive ketones (excluding diaryl/α,β-unsaturated/α-hetero) is 1. The number of halogens is 3. The Kier molecular flexibility index (Phi) is 6.55. The van der Waals surface area contributed by atoms with Crippen LogP contribution < -0.4 is 10.3 Å². The fourth-order valence-corrected chi connectivity index (χ4v) is 5.83. The van der Waals surface area contributed by atoms with Crippen molar-refractivity contribution < 1.29 is 14.4 Å². The molecule has 5 rings (SSSR count). The van der Waals surface area contributed by atoms with E-state index in [1.807, 2.05) is 30.3 Å². The van der Waals surface area contributed by atoms with E-state index in [4.69, 9.17) is 34.8 Å². The largest absolute Gasteiger partial charge is 0.295 e. The Hall–Kier alpha value is -2.55. The Bertz CT molecular complexity index is 1380. The van der Waals surface area contributed by atoms with Crippen molar-refractivity contribution in [2.45, 2.75) is 28.1 Å². The number of carbonyl (C=O) groups excluding carboxylic acids is 3. The third-order valence-corrected chi connectivity index (χ3v) is 8.19. The molecule has 6 nitrogen and oxygen atoms in total. The lowest BCUT2D eigenvalue weighted by Gasteiger charge is -2.44. The molecule has 0 spiro atoms. The van der Waals surface area contributed by atoms with Crippen molar-refractivity contribution in [3.05, 3.63) is 81.8 Å². The summed E-state index contributed by atoms with van der Waals surface area (Å²) in [5.74, 6) is -0.728. The number of ketones is 1. The van der Waals surface area contributed by atoms with Crippen molar-refractivity contribution in [1.29, 1.82) is 0 Å². The predicted octanol–water partition coefficient (Wildman–Crippen LogP) is 6.02. The van der Waals surface area contributed by atoms with Crippen LogP contribution in [0, 0.1) is 0 Å². The Labute approximate surface area is 221 Å². The molecule has 2 atom stereocenters. The molecule has 10 heteroatoms. The highest BCUT2D eigenvalue weighted by Gasteiger charge is 2.47. The Morgan fingerprint density at radius 3 is 2.46 bits per heavy atom. The highest BCUT2D eigenvalue weighted by Crippen LogP contribution is 2.48. The van der Waals surface area contributed by atoms with Gasteiger partial charge in [-0.15, -0.1) is 11.6 Å². The number of β-lactam (4-membered cyclic amide) rings is 1. The SMILES string of the molecule is CC(=O)c1ccc2c(c1)N(C(=O)CNN1C(=O)C(Cl)C1c1ccc(Cl)c(Cl)c1)c1ccccc1S2. The summed E-state index contributed by atoms with van der Waals surface area (Å²) in [6, 6.07) is 17.4. The molecule has 1 saturated heterocycles. The molecule has 2 heterocycles. The van der Waals surface area contributed by atoms with Gasteiger partial charge in [0, 0.05) is 15.4 Å². The smallest absolute Gasteiger partial charge is 0.257 e. The average Bonchev–Trinajstić information content (AvgIpc) is 2.85. The van der Waals surface area contributed by atoms with Crippen molar-refractivity contribution in [1.82, 2.24) is 10.4 Å². The van der Waals surface area contributed by atoms with Crippen LogP contribution in [0.15, 0.2) is 70.5 Å². The maximum Gasteiger partial charge on any atom is 0.257 e. The molecular weight excluding hydrogens is 529 g/mol. The summed E-state index contributed by atoms with van der Waals surface area (Å²) in [7, 11) is 0. The zero-order valence-electron chi connectivity index (χ0n) is 18.3. The van der Waals surface area contributed by atoms with Gasteiger partial charge in [0.2, 0.25) is 5.91 Å². The van der Waals surface area contributed by atoms with Crippen molar-refractivity contribution in [2.75, 3.05) is 11.4 Å². The van der Waals surface area contributed by atoms with Gasteiger partial charge in [-0.05, 0) is 48.9 Å². The second-order valence-electron chi connectivity index (χ2n) is 8.10. The number of hydrogen-bond acceptors (Lipinski definition) is 5. The van der Waals surface area contributed by atoms with E-state index in [1.54, 1.807) is 35.2 Å². The number of nitrogens with zero attached hydrogens (tertiary/aromatic N) is 2. The molecule has 1 N–H and O–H groups in total. The van der Waals surface area contributed by atoms with Gasteiger partial charge in [0.05, 0.1) is 34.0 Å². The number of anilines is 2. The van der Waals surface area contributed by atoms with Crippen molar-refractivity contribution in [3.8, 4) is 0 Å². The van der Waals surface area contributed by atoms with E-state index in [2.05, 4.69) is 5.43 Å². The van der Waals surface area contributed by atoms with E-state index >= 15 is 0 Å². The molecule has 1 fully saturated rings. The predicted molar refractivity (Wildman–Crippen MR) is 138 cm³/mol.